The van der Waals surface area contributed by atoms with Crippen LogP contribution in [-0.4, -0.2) is 55.6 Å². The van der Waals surface area contributed by atoms with E-state index in [9.17, 15) is 4.79 Å². The number of carbonyl (C=O) groups excluding carboxylic acids is 1. The highest BCUT2D eigenvalue weighted by molar-refractivity contribution is 5.76. The van der Waals surface area contributed by atoms with Crippen LogP contribution < -0.4 is 5.32 Å². The van der Waals surface area contributed by atoms with Gasteiger partial charge in [-0.15, -0.1) is 0 Å². The molecule has 1 N–H and O–H groups in total. The molecule has 0 aliphatic carbocycles. The molecule has 0 saturated carbocycles. The lowest BCUT2D eigenvalue weighted by atomic mass is 10.0. The Morgan fingerprint density at radius 2 is 1.79 bits per heavy atom. The maximum atomic E-state index is 12.8. The molecule has 0 amide bonds. The number of fused-ring (bicyclic) bond motifs is 1. The first kappa shape index (κ1) is 22.2. The first-order valence-electron chi connectivity index (χ1n) is 10.3. The van der Waals surface area contributed by atoms with Gasteiger partial charge in [-0.2, -0.15) is 0 Å². The van der Waals surface area contributed by atoms with Gasteiger partial charge in [-0.25, -0.2) is 0 Å². The molecule has 7 nitrogen and oxygen atoms in total. The average molecular weight is 408 g/mol. The van der Waals surface area contributed by atoms with Crippen molar-refractivity contribution >= 4 is 5.97 Å². The standard InChI is InChI=1S/C22H33NO6/c1-13(2)26-20(24)16(23-14(3)15-10-8-7-9-11-15)12-17-18-19(21(25-6)27-17)29-22(4,5)28-18/h7-11,13-14,16-19,21,23H,12H2,1-6H3/t14-,16-,17+,18-,19-,21-/m0/s1. The topological polar surface area (TPSA) is 75.3 Å². The smallest absolute Gasteiger partial charge is 0.323 e. The number of rotatable bonds is 8. The highest BCUT2D eigenvalue weighted by Gasteiger charge is 2.56. The molecule has 2 aliphatic rings. The van der Waals surface area contributed by atoms with E-state index >= 15 is 0 Å². The molecule has 0 radical (unpaired) electrons. The second-order valence-electron chi connectivity index (χ2n) is 8.42. The molecule has 1 aromatic carbocycles. The van der Waals surface area contributed by atoms with Crippen LogP contribution in [0.5, 0.6) is 0 Å². The molecule has 162 valence electrons. The van der Waals surface area contributed by atoms with Crippen LogP contribution in [0.25, 0.3) is 0 Å². The third-order valence-electron chi connectivity index (χ3n) is 5.19. The van der Waals surface area contributed by atoms with Gasteiger partial charge in [0.25, 0.3) is 0 Å². The molecule has 29 heavy (non-hydrogen) atoms. The number of ether oxygens (including phenoxy) is 5. The zero-order valence-corrected chi connectivity index (χ0v) is 18.1. The number of hydrogen-bond donors (Lipinski definition) is 1. The predicted octanol–water partition coefficient (Wildman–Crippen LogP) is 2.94. The molecule has 2 saturated heterocycles. The van der Waals surface area contributed by atoms with Crippen LogP contribution in [0.2, 0.25) is 0 Å². The summed E-state index contributed by atoms with van der Waals surface area (Å²) in [6.07, 6.45) is -1.32. The zero-order valence-electron chi connectivity index (χ0n) is 18.1. The monoisotopic (exact) mass is 407 g/mol. The Morgan fingerprint density at radius 1 is 1.14 bits per heavy atom. The predicted molar refractivity (Wildman–Crippen MR) is 107 cm³/mol. The van der Waals surface area contributed by atoms with Crippen molar-refractivity contribution in [2.75, 3.05) is 7.11 Å². The molecular weight excluding hydrogens is 374 g/mol. The van der Waals surface area contributed by atoms with Gasteiger partial charge in [0.1, 0.15) is 18.2 Å². The summed E-state index contributed by atoms with van der Waals surface area (Å²) in [6.45, 7) is 9.45. The van der Waals surface area contributed by atoms with Gasteiger partial charge in [0, 0.05) is 19.6 Å². The Morgan fingerprint density at radius 3 is 2.41 bits per heavy atom. The van der Waals surface area contributed by atoms with Crippen LogP contribution in [-0.2, 0) is 28.5 Å². The summed E-state index contributed by atoms with van der Waals surface area (Å²) < 4.78 is 29.0. The Hall–Kier alpha value is -1.51. The molecule has 0 bridgehead atoms. The van der Waals surface area contributed by atoms with Crippen LogP contribution in [0.1, 0.15) is 52.6 Å². The minimum atomic E-state index is -0.715. The van der Waals surface area contributed by atoms with Crippen molar-refractivity contribution < 1.29 is 28.5 Å². The first-order chi connectivity index (χ1) is 13.7. The fourth-order valence-electron chi connectivity index (χ4n) is 3.94. The van der Waals surface area contributed by atoms with Crippen molar-refractivity contribution in [3.05, 3.63) is 35.9 Å². The maximum absolute atomic E-state index is 12.8. The van der Waals surface area contributed by atoms with Gasteiger partial charge in [0.2, 0.25) is 0 Å². The van der Waals surface area contributed by atoms with Crippen molar-refractivity contribution in [1.82, 2.24) is 5.32 Å². The van der Waals surface area contributed by atoms with Gasteiger partial charge in [-0.1, -0.05) is 30.3 Å². The number of benzene rings is 1. The minimum absolute atomic E-state index is 0.0338. The lowest BCUT2D eigenvalue weighted by molar-refractivity contribution is -0.228. The lowest BCUT2D eigenvalue weighted by Gasteiger charge is -2.28. The number of hydrogen-bond acceptors (Lipinski definition) is 7. The van der Waals surface area contributed by atoms with Crippen molar-refractivity contribution in [2.45, 2.75) is 89.6 Å². The van der Waals surface area contributed by atoms with Gasteiger partial charge in [0.05, 0.1) is 12.2 Å². The Labute approximate surface area is 173 Å². The third kappa shape index (κ3) is 5.35. The number of esters is 1. The minimum Gasteiger partial charge on any atom is -0.462 e. The second kappa shape index (κ2) is 9.10. The summed E-state index contributed by atoms with van der Waals surface area (Å²) in [5, 5.41) is 3.41. The second-order valence-corrected chi connectivity index (χ2v) is 8.42. The van der Waals surface area contributed by atoms with Crippen molar-refractivity contribution in [1.29, 1.82) is 0 Å². The fraction of sp³-hybridized carbons (Fsp3) is 0.682. The normalized spacial score (nSPS) is 30.2. The van der Waals surface area contributed by atoms with Gasteiger partial charge in [-0.05, 0) is 40.2 Å². The number of methoxy groups -OCH3 is 1. The SMILES string of the molecule is CO[C@H]1O[C@H](C[C@H](N[C@@H](C)c2ccccc2)C(=O)OC(C)C)[C@@H]2OC(C)(C)O[C@H]12. The summed E-state index contributed by atoms with van der Waals surface area (Å²) >= 11 is 0. The Balaban J connectivity index is 1.75. The number of nitrogens with one attached hydrogen (secondary N) is 1. The largest absolute Gasteiger partial charge is 0.462 e. The lowest BCUT2D eigenvalue weighted by Crippen LogP contribution is -2.45. The molecule has 3 rings (SSSR count). The van der Waals surface area contributed by atoms with E-state index in [0.29, 0.717) is 6.42 Å². The quantitative estimate of drug-likeness (QED) is 0.664. The molecule has 2 heterocycles. The molecule has 0 spiro atoms. The van der Waals surface area contributed by atoms with Crippen LogP contribution >= 0.6 is 0 Å². The molecule has 7 heteroatoms. The van der Waals surface area contributed by atoms with E-state index in [1.54, 1.807) is 7.11 Å². The molecule has 2 aliphatic heterocycles. The van der Waals surface area contributed by atoms with Gasteiger partial charge in [-0.3, -0.25) is 10.1 Å². The summed E-state index contributed by atoms with van der Waals surface area (Å²) in [7, 11) is 1.58. The van der Waals surface area contributed by atoms with Gasteiger partial charge < -0.3 is 23.7 Å². The van der Waals surface area contributed by atoms with Gasteiger partial charge in [0.15, 0.2) is 12.1 Å². The summed E-state index contributed by atoms with van der Waals surface area (Å²) in [5.74, 6) is -1.02. The third-order valence-corrected chi connectivity index (χ3v) is 5.19. The van der Waals surface area contributed by atoms with E-state index in [4.69, 9.17) is 23.7 Å². The van der Waals surface area contributed by atoms with E-state index in [-0.39, 0.29) is 36.4 Å². The van der Waals surface area contributed by atoms with E-state index in [2.05, 4.69) is 5.32 Å². The van der Waals surface area contributed by atoms with Crippen molar-refractivity contribution in [2.24, 2.45) is 0 Å². The molecule has 0 unspecified atom stereocenters. The zero-order chi connectivity index (χ0) is 21.2. The highest BCUT2D eigenvalue weighted by atomic mass is 16.8. The Bertz CT molecular complexity index is 679. The molecule has 1 aromatic rings. The van der Waals surface area contributed by atoms with Crippen molar-refractivity contribution in [3.8, 4) is 0 Å². The fourth-order valence-corrected chi connectivity index (χ4v) is 3.94. The van der Waals surface area contributed by atoms with Crippen LogP contribution in [0, 0.1) is 0 Å². The summed E-state index contributed by atoms with van der Waals surface area (Å²) in [5.41, 5.74) is 1.09. The molecule has 6 atom stereocenters. The Kier molecular flexibility index (Phi) is 6.96. The van der Waals surface area contributed by atoms with Crippen molar-refractivity contribution in [3.63, 3.8) is 0 Å². The molecule has 0 aromatic heterocycles. The molecular formula is C22H33NO6. The van der Waals surface area contributed by atoms with E-state index in [1.165, 1.54) is 0 Å². The first-order valence-corrected chi connectivity index (χ1v) is 10.3. The summed E-state index contributed by atoms with van der Waals surface area (Å²) in [6, 6.07) is 9.40. The average Bonchev–Trinajstić information content (AvgIpc) is 3.14. The van der Waals surface area contributed by atoms with E-state index in [0.717, 1.165) is 5.56 Å². The number of carbonyl (C=O) groups is 1. The highest BCUT2D eigenvalue weighted by Crippen LogP contribution is 2.40. The van der Waals surface area contributed by atoms with E-state index < -0.39 is 18.1 Å². The maximum Gasteiger partial charge on any atom is 0.323 e. The summed E-state index contributed by atoms with van der Waals surface area (Å²) in [4.78, 5) is 12.8. The molecule has 2 fully saturated rings. The van der Waals surface area contributed by atoms with Crippen LogP contribution in [0.4, 0.5) is 0 Å². The van der Waals surface area contributed by atoms with E-state index in [1.807, 2.05) is 65.0 Å². The van der Waals surface area contributed by atoms with Gasteiger partial charge >= 0.3 is 5.97 Å². The van der Waals surface area contributed by atoms with Crippen LogP contribution in [0.3, 0.4) is 0 Å². The van der Waals surface area contributed by atoms with Crippen LogP contribution in [0.15, 0.2) is 30.3 Å².